The molecule has 0 amide bonds. The van der Waals surface area contributed by atoms with Crippen molar-refractivity contribution >= 4 is 18.1 Å². The molecule has 0 radical (unpaired) electrons. The minimum Gasteiger partial charge on any atom is -0.508 e. The van der Waals surface area contributed by atoms with E-state index in [2.05, 4.69) is 10.4 Å². The molecule has 0 fully saturated rings. The lowest BCUT2D eigenvalue weighted by Gasteiger charge is -2.06. The molecule has 2 rings (SSSR count). The molecular formula is C12H16ClN3O2. The number of hydrogen-bond acceptors (Lipinski definition) is 4. The van der Waals surface area contributed by atoms with E-state index in [4.69, 9.17) is 4.74 Å². The number of phenols is 1. The Hall–Kier alpha value is -1.88. The maximum Gasteiger partial charge on any atom is 0.256 e. The summed E-state index contributed by atoms with van der Waals surface area (Å²) in [6.45, 7) is 0.523. The van der Waals surface area contributed by atoms with Gasteiger partial charge in [-0.25, -0.2) is 0 Å². The van der Waals surface area contributed by atoms with Gasteiger partial charge in [-0.05, 0) is 6.07 Å². The number of aryl methyl sites for hydroxylation is 1. The van der Waals surface area contributed by atoms with Gasteiger partial charge in [0.05, 0.1) is 13.3 Å². The Bertz CT molecular complexity index is 514. The highest BCUT2D eigenvalue weighted by atomic mass is 35.5. The molecule has 0 aliphatic heterocycles. The molecular weight excluding hydrogens is 254 g/mol. The summed E-state index contributed by atoms with van der Waals surface area (Å²) >= 11 is 0. The second kappa shape index (κ2) is 6.16. The Morgan fingerprint density at radius 3 is 2.78 bits per heavy atom. The van der Waals surface area contributed by atoms with Gasteiger partial charge in [-0.1, -0.05) is 18.2 Å². The van der Waals surface area contributed by atoms with E-state index in [9.17, 15) is 5.11 Å². The van der Waals surface area contributed by atoms with Crippen LogP contribution in [0.25, 0.3) is 0 Å². The van der Waals surface area contributed by atoms with Crippen LogP contribution in [-0.2, 0) is 13.6 Å². The molecule has 1 heterocycles. The molecule has 1 aromatic heterocycles. The zero-order valence-electron chi connectivity index (χ0n) is 10.3. The minimum atomic E-state index is 0. The molecule has 2 N–H and O–H groups in total. The van der Waals surface area contributed by atoms with E-state index in [0.29, 0.717) is 12.4 Å². The van der Waals surface area contributed by atoms with Crippen LogP contribution in [-0.4, -0.2) is 22.0 Å². The maximum absolute atomic E-state index is 9.63. The number of ether oxygens (including phenoxy) is 1. The normalized spacial score (nSPS) is 9.67. The lowest BCUT2D eigenvalue weighted by molar-refractivity contribution is 0.393. The van der Waals surface area contributed by atoms with Crippen molar-refractivity contribution in [3.05, 3.63) is 36.0 Å². The van der Waals surface area contributed by atoms with Gasteiger partial charge < -0.3 is 15.2 Å². The van der Waals surface area contributed by atoms with Crippen molar-refractivity contribution in [1.82, 2.24) is 9.78 Å². The molecule has 0 saturated carbocycles. The quantitative estimate of drug-likeness (QED) is 0.893. The Morgan fingerprint density at radius 2 is 2.11 bits per heavy atom. The summed E-state index contributed by atoms with van der Waals surface area (Å²) in [7, 11) is 3.40. The van der Waals surface area contributed by atoms with E-state index in [1.165, 1.54) is 0 Å². The summed E-state index contributed by atoms with van der Waals surface area (Å²) in [4.78, 5) is 0. The van der Waals surface area contributed by atoms with Crippen LogP contribution in [0.1, 0.15) is 5.56 Å². The number of hydrogen-bond donors (Lipinski definition) is 2. The van der Waals surface area contributed by atoms with Crippen LogP contribution in [0.5, 0.6) is 11.6 Å². The maximum atomic E-state index is 9.63. The molecule has 0 atom stereocenters. The van der Waals surface area contributed by atoms with E-state index in [1.807, 2.05) is 25.4 Å². The first kappa shape index (κ1) is 14.2. The van der Waals surface area contributed by atoms with Crippen molar-refractivity contribution in [3.63, 3.8) is 0 Å². The summed E-state index contributed by atoms with van der Waals surface area (Å²) < 4.78 is 6.80. The number of nitrogens with one attached hydrogen (secondary N) is 1. The van der Waals surface area contributed by atoms with E-state index in [1.54, 1.807) is 23.9 Å². The third kappa shape index (κ3) is 3.07. The van der Waals surface area contributed by atoms with Crippen LogP contribution in [0, 0.1) is 0 Å². The number of rotatable bonds is 4. The predicted octanol–water partition coefficient (Wildman–Crippen LogP) is 2.17. The minimum absolute atomic E-state index is 0. The van der Waals surface area contributed by atoms with Crippen molar-refractivity contribution in [2.24, 2.45) is 7.05 Å². The van der Waals surface area contributed by atoms with Crippen LogP contribution in [0.3, 0.4) is 0 Å². The van der Waals surface area contributed by atoms with Crippen LogP contribution < -0.4 is 10.1 Å². The summed E-state index contributed by atoms with van der Waals surface area (Å²) in [5.74, 6) is 0.825. The van der Waals surface area contributed by atoms with Crippen molar-refractivity contribution in [3.8, 4) is 11.6 Å². The average Bonchev–Trinajstić information content (AvgIpc) is 2.69. The number of aromatic hydroxyl groups is 1. The lowest BCUT2D eigenvalue weighted by Crippen LogP contribution is -2.00. The monoisotopic (exact) mass is 269 g/mol. The Labute approximate surface area is 112 Å². The number of anilines is 1. The first-order chi connectivity index (χ1) is 8.20. The Kier molecular flexibility index (Phi) is 4.85. The fraction of sp³-hybridized carbons (Fsp3) is 0.250. The zero-order chi connectivity index (χ0) is 12.3. The molecule has 2 aromatic rings. The molecule has 0 saturated heterocycles. The van der Waals surface area contributed by atoms with Gasteiger partial charge in [-0.2, -0.15) is 0 Å². The van der Waals surface area contributed by atoms with Gasteiger partial charge in [-0.3, -0.25) is 4.68 Å². The topological polar surface area (TPSA) is 59.3 Å². The van der Waals surface area contributed by atoms with E-state index in [-0.39, 0.29) is 18.2 Å². The number of methoxy groups -OCH3 is 1. The SMILES string of the molecule is COc1nn(C)cc1NCc1ccccc1O.Cl. The highest BCUT2D eigenvalue weighted by Crippen LogP contribution is 2.23. The number of nitrogens with zero attached hydrogens (tertiary/aromatic N) is 2. The Balaban J connectivity index is 0.00000162. The Morgan fingerprint density at radius 1 is 1.39 bits per heavy atom. The molecule has 18 heavy (non-hydrogen) atoms. The van der Waals surface area contributed by atoms with E-state index >= 15 is 0 Å². The first-order valence-corrected chi connectivity index (χ1v) is 5.29. The molecule has 0 unspecified atom stereocenters. The van der Waals surface area contributed by atoms with Crippen molar-refractivity contribution in [2.45, 2.75) is 6.54 Å². The highest BCUT2D eigenvalue weighted by Gasteiger charge is 2.07. The summed E-state index contributed by atoms with van der Waals surface area (Å²) in [5, 5.41) is 16.9. The fourth-order valence-electron chi connectivity index (χ4n) is 1.59. The van der Waals surface area contributed by atoms with Crippen molar-refractivity contribution in [2.75, 3.05) is 12.4 Å². The standard InChI is InChI=1S/C12H15N3O2.ClH/c1-15-8-10(12(14-15)17-2)13-7-9-5-3-4-6-11(9)16;/h3-6,8,13,16H,7H2,1-2H3;1H. The van der Waals surface area contributed by atoms with Gasteiger partial charge in [-0.15, -0.1) is 17.5 Å². The number of halogens is 1. The third-order valence-corrected chi connectivity index (χ3v) is 2.45. The lowest BCUT2D eigenvalue weighted by atomic mass is 10.2. The van der Waals surface area contributed by atoms with E-state index in [0.717, 1.165) is 11.3 Å². The average molecular weight is 270 g/mol. The largest absolute Gasteiger partial charge is 0.508 e. The first-order valence-electron chi connectivity index (χ1n) is 5.29. The molecule has 0 aliphatic carbocycles. The molecule has 0 aliphatic rings. The molecule has 0 spiro atoms. The smallest absolute Gasteiger partial charge is 0.256 e. The van der Waals surface area contributed by atoms with Gasteiger partial charge >= 0.3 is 0 Å². The number of phenolic OH excluding ortho intramolecular Hbond substituents is 1. The summed E-state index contributed by atoms with van der Waals surface area (Å²) in [5.41, 5.74) is 1.64. The highest BCUT2D eigenvalue weighted by molar-refractivity contribution is 5.85. The zero-order valence-corrected chi connectivity index (χ0v) is 11.1. The molecule has 98 valence electrons. The fourth-order valence-corrected chi connectivity index (χ4v) is 1.59. The van der Waals surface area contributed by atoms with Crippen LogP contribution in [0.15, 0.2) is 30.5 Å². The van der Waals surface area contributed by atoms with Gasteiger partial charge in [0.15, 0.2) is 0 Å². The van der Waals surface area contributed by atoms with Crippen LogP contribution >= 0.6 is 12.4 Å². The second-order valence-electron chi connectivity index (χ2n) is 3.71. The number of aromatic nitrogens is 2. The molecule has 1 aromatic carbocycles. The number of benzene rings is 1. The molecule has 5 nitrogen and oxygen atoms in total. The van der Waals surface area contributed by atoms with Gasteiger partial charge in [0.2, 0.25) is 0 Å². The second-order valence-corrected chi connectivity index (χ2v) is 3.71. The molecule has 6 heteroatoms. The third-order valence-electron chi connectivity index (χ3n) is 2.45. The summed E-state index contributed by atoms with van der Waals surface area (Å²) in [6, 6.07) is 7.21. The van der Waals surface area contributed by atoms with Gasteiger partial charge in [0.25, 0.3) is 5.88 Å². The van der Waals surface area contributed by atoms with Gasteiger partial charge in [0.1, 0.15) is 11.4 Å². The van der Waals surface area contributed by atoms with Gasteiger partial charge in [0, 0.05) is 19.2 Å². The number of para-hydroxylation sites is 1. The van der Waals surface area contributed by atoms with E-state index < -0.39 is 0 Å². The summed E-state index contributed by atoms with van der Waals surface area (Å²) in [6.07, 6.45) is 1.83. The van der Waals surface area contributed by atoms with Crippen molar-refractivity contribution < 1.29 is 9.84 Å². The van der Waals surface area contributed by atoms with Crippen molar-refractivity contribution in [1.29, 1.82) is 0 Å². The van der Waals surface area contributed by atoms with Crippen LogP contribution in [0.4, 0.5) is 5.69 Å². The molecule has 0 bridgehead atoms. The van der Waals surface area contributed by atoms with Crippen LogP contribution in [0.2, 0.25) is 0 Å². The predicted molar refractivity (Wildman–Crippen MR) is 72.4 cm³/mol.